The van der Waals surface area contributed by atoms with E-state index < -0.39 is 0 Å². The van der Waals surface area contributed by atoms with Gasteiger partial charge in [-0.1, -0.05) is 12.1 Å². The molecule has 0 spiro atoms. The van der Waals surface area contributed by atoms with Crippen LogP contribution >= 0.6 is 0 Å². The molecule has 0 aliphatic carbocycles. The average Bonchev–Trinajstić information content (AvgIpc) is 3.28. The van der Waals surface area contributed by atoms with Gasteiger partial charge in [0.05, 0.1) is 6.20 Å². The zero-order valence-corrected chi connectivity index (χ0v) is 15.4. The maximum Gasteiger partial charge on any atom is 0.232 e. The molecular weight excluding hydrogens is 368 g/mol. The Balaban J connectivity index is 1.52. The van der Waals surface area contributed by atoms with Gasteiger partial charge in [0.2, 0.25) is 5.89 Å². The lowest BCUT2D eigenvalue weighted by molar-refractivity contribution is 0.263. The van der Waals surface area contributed by atoms with Crippen molar-refractivity contribution in [2.24, 2.45) is 0 Å². The van der Waals surface area contributed by atoms with Gasteiger partial charge in [-0.25, -0.2) is 15.0 Å². The predicted octanol–water partition coefficient (Wildman–Crippen LogP) is 4.03. The minimum Gasteiger partial charge on any atom is -0.484 e. The maximum atomic E-state index is 7.43. The smallest absolute Gasteiger partial charge is 0.232 e. The first-order valence-corrected chi connectivity index (χ1v) is 8.83. The van der Waals surface area contributed by atoms with E-state index >= 15 is 0 Å². The highest BCUT2D eigenvalue weighted by atomic mass is 16.5. The van der Waals surface area contributed by atoms with Crippen LogP contribution in [0.4, 0.5) is 17.2 Å². The fraction of sp³-hybridized carbons (Fsp3) is 0.0476. The Hall–Kier alpha value is -4.20. The van der Waals surface area contributed by atoms with Crippen molar-refractivity contribution in [3.05, 3.63) is 78.6 Å². The van der Waals surface area contributed by atoms with Crippen molar-refractivity contribution >= 4 is 23.4 Å². The van der Waals surface area contributed by atoms with Crippen molar-refractivity contribution in [3.8, 4) is 17.1 Å². The molecule has 8 nitrogen and oxygen atoms in total. The second-order valence-electron chi connectivity index (χ2n) is 6.12. The Morgan fingerprint density at radius 1 is 1.10 bits per heavy atom. The minimum absolute atomic E-state index is 0.241. The quantitative estimate of drug-likeness (QED) is 0.323. The normalized spacial score (nSPS) is 10.5. The molecule has 0 aliphatic heterocycles. The van der Waals surface area contributed by atoms with E-state index in [-0.39, 0.29) is 6.61 Å². The number of ether oxygens (including phenoxy) is 1. The van der Waals surface area contributed by atoms with Crippen molar-refractivity contribution < 1.29 is 9.15 Å². The van der Waals surface area contributed by atoms with Gasteiger partial charge in [-0.2, -0.15) is 0 Å². The summed E-state index contributed by atoms with van der Waals surface area (Å²) in [5.41, 5.74) is 8.63. The lowest BCUT2D eigenvalue weighted by Crippen LogP contribution is -1.99. The number of aromatic nitrogens is 3. The second kappa shape index (κ2) is 8.22. The monoisotopic (exact) mass is 386 g/mol. The number of oxazole rings is 1. The van der Waals surface area contributed by atoms with E-state index in [0.29, 0.717) is 34.5 Å². The molecule has 0 unspecified atom stereocenters. The molecular formula is C21H18N6O2. The standard InChI is InChI=1S/C21H18N6O2/c22-12-15-10-16(4-5-18(15)23)26-19-6-7-25-21(27-19)14-2-1-3-17(11-14)29-13-20-24-8-9-28-20/h1-12,22H,13,23H2,(H,25,26,27). The molecule has 4 N–H and O–H groups in total. The van der Waals surface area contributed by atoms with Crippen LogP contribution in [0.25, 0.3) is 11.4 Å². The minimum atomic E-state index is 0.241. The van der Waals surface area contributed by atoms with E-state index in [1.807, 2.05) is 30.3 Å². The molecule has 8 heteroatoms. The molecule has 4 rings (SSSR count). The largest absolute Gasteiger partial charge is 0.484 e. The van der Waals surface area contributed by atoms with Gasteiger partial charge in [-0.05, 0) is 36.4 Å². The van der Waals surface area contributed by atoms with Gasteiger partial charge in [-0.3, -0.25) is 0 Å². The number of hydrogen-bond donors (Lipinski definition) is 3. The third-order valence-electron chi connectivity index (χ3n) is 4.11. The molecule has 2 heterocycles. The zero-order chi connectivity index (χ0) is 20.1. The molecule has 0 amide bonds. The molecule has 0 saturated carbocycles. The molecule has 29 heavy (non-hydrogen) atoms. The number of hydrogen-bond acceptors (Lipinski definition) is 8. The van der Waals surface area contributed by atoms with E-state index in [4.69, 9.17) is 20.3 Å². The molecule has 0 aliphatic rings. The summed E-state index contributed by atoms with van der Waals surface area (Å²) in [6.45, 7) is 0.241. The molecule has 4 aromatic rings. The average molecular weight is 386 g/mol. The Morgan fingerprint density at radius 2 is 2.03 bits per heavy atom. The van der Waals surface area contributed by atoms with Crippen molar-refractivity contribution in [2.45, 2.75) is 6.61 Å². The van der Waals surface area contributed by atoms with Gasteiger partial charge in [0.15, 0.2) is 12.4 Å². The predicted molar refractivity (Wildman–Crippen MR) is 110 cm³/mol. The molecule has 0 bridgehead atoms. The van der Waals surface area contributed by atoms with Gasteiger partial charge in [0.1, 0.15) is 17.8 Å². The van der Waals surface area contributed by atoms with Crippen LogP contribution in [-0.2, 0) is 6.61 Å². The van der Waals surface area contributed by atoms with Crippen LogP contribution in [-0.4, -0.2) is 21.2 Å². The van der Waals surface area contributed by atoms with Crippen molar-refractivity contribution in [2.75, 3.05) is 11.1 Å². The number of anilines is 3. The number of nitrogens with zero attached hydrogens (tertiary/aromatic N) is 3. The highest BCUT2D eigenvalue weighted by molar-refractivity contribution is 5.87. The summed E-state index contributed by atoms with van der Waals surface area (Å²) in [6.07, 6.45) is 5.98. The fourth-order valence-electron chi connectivity index (χ4n) is 2.69. The SMILES string of the molecule is N=Cc1cc(Nc2ccnc(-c3cccc(OCc4ncco4)c3)n2)ccc1N. The first-order valence-electron chi connectivity index (χ1n) is 8.83. The third-order valence-corrected chi connectivity index (χ3v) is 4.11. The number of nitrogens with two attached hydrogens (primary N) is 1. The van der Waals surface area contributed by atoms with E-state index in [1.54, 1.807) is 30.6 Å². The van der Waals surface area contributed by atoms with Gasteiger partial charge in [0, 0.05) is 34.9 Å². The Morgan fingerprint density at radius 3 is 2.86 bits per heavy atom. The van der Waals surface area contributed by atoms with E-state index in [9.17, 15) is 0 Å². The highest BCUT2D eigenvalue weighted by Gasteiger charge is 2.07. The summed E-state index contributed by atoms with van der Waals surface area (Å²) in [6, 6.07) is 14.6. The number of nitrogen functional groups attached to an aromatic ring is 1. The molecule has 0 saturated heterocycles. The van der Waals surface area contributed by atoms with Crippen molar-refractivity contribution in [1.29, 1.82) is 5.41 Å². The first-order chi connectivity index (χ1) is 14.2. The molecule has 0 atom stereocenters. The van der Waals surface area contributed by atoms with Crippen LogP contribution < -0.4 is 15.8 Å². The Kier molecular flexibility index (Phi) is 5.15. The highest BCUT2D eigenvalue weighted by Crippen LogP contribution is 2.24. The summed E-state index contributed by atoms with van der Waals surface area (Å²) in [7, 11) is 0. The van der Waals surface area contributed by atoms with E-state index in [2.05, 4.69) is 20.3 Å². The summed E-state index contributed by atoms with van der Waals surface area (Å²) < 4.78 is 10.9. The lowest BCUT2D eigenvalue weighted by Gasteiger charge is -2.10. The third kappa shape index (κ3) is 4.38. The van der Waals surface area contributed by atoms with Crippen LogP contribution in [0.15, 0.2) is 71.6 Å². The van der Waals surface area contributed by atoms with Gasteiger partial charge in [-0.15, -0.1) is 0 Å². The lowest BCUT2D eigenvalue weighted by atomic mass is 10.1. The number of rotatable bonds is 7. The van der Waals surface area contributed by atoms with Crippen LogP contribution in [0.2, 0.25) is 0 Å². The molecule has 144 valence electrons. The summed E-state index contributed by atoms with van der Waals surface area (Å²) in [4.78, 5) is 13.0. The number of nitrogens with one attached hydrogen (secondary N) is 2. The summed E-state index contributed by atoms with van der Waals surface area (Å²) >= 11 is 0. The summed E-state index contributed by atoms with van der Waals surface area (Å²) in [5, 5.41) is 10.6. The maximum absolute atomic E-state index is 7.43. The number of benzene rings is 2. The molecule has 0 radical (unpaired) electrons. The topological polar surface area (TPSA) is 123 Å². The van der Waals surface area contributed by atoms with Gasteiger partial charge < -0.3 is 25.6 Å². The molecule has 0 fully saturated rings. The first kappa shape index (κ1) is 18.2. The van der Waals surface area contributed by atoms with Crippen LogP contribution in [0, 0.1) is 5.41 Å². The molecule has 2 aromatic carbocycles. The van der Waals surface area contributed by atoms with Crippen molar-refractivity contribution in [1.82, 2.24) is 15.0 Å². The van der Waals surface area contributed by atoms with Crippen LogP contribution in [0.1, 0.15) is 11.5 Å². The van der Waals surface area contributed by atoms with Gasteiger partial charge in [0.25, 0.3) is 0 Å². The fourth-order valence-corrected chi connectivity index (χ4v) is 2.69. The van der Waals surface area contributed by atoms with E-state index in [1.165, 1.54) is 12.5 Å². The van der Waals surface area contributed by atoms with Crippen LogP contribution in [0.3, 0.4) is 0 Å². The van der Waals surface area contributed by atoms with Crippen LogP contribution in [0.5, 0.6) is 5.75 Å². The van der Waals surface area contributed by atoms with E-state index in [0.717, 1.165) is 11.3 Å². The second-order valence-corrected chi connectivity index (χ2v) is 6.12. The van der Waals surface area contributed by atoms with Gasteiger partial charge >= 0.3 is 0 Å². The summed E-state index contributed by atoms with van der Waals surface area (Å²) in [5.74, 6) is 2.35. The van der Waals surface area contributed by atoms with Crippen molar-refractivity contribution in [3.63, 3.8) is 0 Å². The Labute approximate surface area is 166 Å². The Bertz CT molecular complexity index is 1130. The zero-order valence-electron chi connectivity index (χ0n) is 15.4. The molecule has 2 aromatic heterocycles.